The third-order valence-corrected chi connectivity index (χ3v) is 4.45. The molecule has 0 spiro atoms. The maximum absolute atomic E-state index is 13.0. The van der Waals surface area contributed by atoms with Crippen molar-refractivity contribution >= 4 is 56.8 Å². The van der Waals surface area contributed by atoms with Crippen molar-refractivity contribution in [1.29, 1.82) is 0 Å². The summed E-state index contributed by atoms with van der Waals surface area (Å²) < 4.78 is 38.6. The van der Waals surface area contributed by atoms with Crippen molar-refractivity contribution < 1.29 is 17.6 Å². The Hall–Kier alpha value is -1.60. The van der Waals surface area contributed by atoms with Crippen molar-refractivity contribution in [1.82, 2.24) is 4.72 Å². The van der Waals surface area contributed by atoms with Gasteiger partial charge in [0.2, 0.25) is 0 Å². The van der Waals surface area contributed by atoms with Crippen LogP contribution >= 0.6 is 34.8 Å². The third-order valence-electron chi connectivity index (χ3n) is 2.74. The molecule has 1 amide bonds. The molecule has 2 aromatic rings. The van der Waals surface area contributed by atoms with E-state index in [0.717, 1.165) is 23.6 Å². The number of nitrogens with one attached hydrogen (secondary N) is 1. The number of hydrogen-bond acceptors (Lipinski definition) is 3. The third kappa shape index (κ3) is 5.21. The minimum Gasteiger partial charge on any atom is -0.268 e. The summed E-state index contributed by atoms with van der Waals surface area (Å²) in [4.78, 5) is 11.9. The Balaban J connectivity index is 2.18. The topological polar surface area (TPSA) is 63.2 Å². The van der Waals surface area contributed by atoms with E-state index in [1.165, 1.54) is 24.3 Å². The van der Waals surface area contributed by atoms with Crippen molar-refractivity contribution in [2.24, 2.45) is 0 Å². The first-order chi connectivity index (χ1) is 11.2. The van der Waals surface area contributed by atoms with Crippen molar-refractivity contribution in [3.05, 3.63) is 73.8 Å². The second kappa shape index (κ2) is 7.53. The van der Waals surface area contributed by atoms with E-state index in [1.807, 2.05) is 0 Å². The summed E-state index contributed by atoms with van der Waals surface area (Å²) >= 11 is 17.3. The van der Waals surface area contributed by atoms with E-state index in [-0.39, 0.29) is 10.6 Å². The molecule has 0 heterocycles. The van der Waals surface area contributed by atoms with Gasteiger partial charge in [-0.2, -0.15) is 0 Å². The van der Waals surface area contributed by atoms with E-state index < -0.39 is 21.7 Å². The molecule has 0 aliphatic rings. The largest absolute Gasteiger partial charge is 0.268 e. The van der Waals surface area contributed by atoms with E-state index in [9.17, 15) is 17.6 Å². The molecule has 0 radical (unpaired) electrons. The average Bonchev–Trinajstić information content (AvgIpc) is 2.43. The summed E-state index contributed by atoms with van der Waals surface area (Å²) in [5, 5.41) is 1.25. The van der Waals surface area contributed by atoms with Gasteiger partial charge in [-0.25, -0.2) is 17.5 Å². The lowest BCUT2D eigenvalue weighted by Crippen LogP contribution is -2.29. The van der Waals surface area contributed by atoms with Gasteiger partial charge < -0.3 is 0 Å². The van der Waals surface area contributed by atoms with Crippen LogP contribution in [0.5, 0.6) is 0 Å². The number of benzene rings is 2. The molecule has 2 aromatic carbocycles. The summed E-state index contributed by atoms with van der Waals surface area (Å²) in [7, 11) is -4.10. The fraction of sp³-hybridized carbons (Fsp3) is 0. The zero-order valence-electron chi connectivity index (χ0n) is 11.8. The Morgan fingerprint density at radius 2 is 1.67 bits per heavy atom. The summed E-state index contributed by atoms with van der Waals surface area (Å²) in [6.45, 7) is 0. The molecule has 0 aliphatic carbocycles. The van der Waals surface area contributed by atoms with Crippen LogP contribution in [0.1, 0.15) is 15.9 Å². The molecule has 1 N–H and O–H groups in total. The normalized spacial score (nSPS) is 11.7. The maximum Gasteiger partial charge on any atom is 0.266 e. The lowest BCUT2D eigenvalue weighted by Gasteiger charge is -2.05. The molecule has 2 rings (SSSR count). The summed E-state index contributed by atoms with van der Waals surface area (Å²) in [5.41, 5.74) is 0.269. The van der Waals surface area contributed by atoms with Crippen LogP contribution in [-0.4, -0.2) is 14.3 Å². The smallest absolute Gasteiger partial charge is 0.266 e. The number of carbonyl (C=O) groups is 1. The Morgan fingerprint density at radius 1 is 1.04 bits per heavy atom. The number of rotatable bonds is 4. The molecule has 126 valence electrons. The minimum absolute atomic E-state index is 0.166. The Labute approximate surface area is 152 Å². The first-order valence-electron chi connectivity index (χ1n) is 6.33. The van der Waals surface area contributed by atoms with Gasteiger partial charge in [-0.1, -0.05) is 34.8 Å². The minimum atomic E-state index is -4.10. The predicted octanol–water partition coefficient (Wildman–Crippen LogP) is 4.52. The standard InChI is InChI=1S/C15H9Cl3FNO3S/c16-10-5-9(6-11(17)7-10)3-4-24(22,23)20-15(21)13-2-1-12(19)8-14(13)18/h1-8H,(H,20,21). The van der Waals surface area contributed by atoms with Gasteiger partial charge >= 0.3 is 0 Å². The number of carbonyl (C=O) groups excluding carboxylic acids is 1. The van der Waals surface area contributed by atoms with Gasteiger partial charge in [0.1, 0.15) is 5.82 Å². The van der Waals surface area contributed by atoms with E-state index in [1.54, 1.807) is 4.72 Å². The summed E-state index contributed by atoms with van der Waals surface area (Å²) in [6, 6.07) is 7.48. The fourth-order valence-corrected chi connectivity index (χ4v) is 3.30. The predicted molar refractivity (Wildman–Crippen MR) is 93.3 cm³/mol. The van der Waals surface area contributed by atoms with Gasteiger partial charge in [-0.05, 0) is 48.0 Å². The van der Waals surface area contributed by atoms with Crippen LogP contribution in [-0.2, 0) is 10.0 Å². The van der Waals surface area contributed by atoms with Crippen LogP contribution < -0.4 is 4.72 Å². The van der Waals surface area contributed by atoms with Crippen LogP contribution in [0.4, 0.5) is 4.39 Å². The highest BCUT2D eigenvalue weighted by molar-refractivity contribution is 7.93. The quantitative estimate of drug-likeness (QED) is 0.809. The van der Waals surface area contributed by atoms with Gasteiger partial charge in [0, 0.05) is 10.0 Å². The molecule has 0 unspecified atom stereocenters. The van der Waals surface area contributed by atoms with Crippen LogP contribution in [0.15, 0.2) is 41.8 Å². The van der Waals surface area contributed by atoms with Crippen LogP contribution in [0.2, 0.25) is 15.1 Å². The second-order valence-corrected chi connectivity index (χ2v) is 7.45. The Morgan fingerprint density at radius 3 is 2.25 bits per heavy atom. The van der Waals surface area contributed by atoms with Crippen molar-refractivity contribution in [2.75, 3.05) is 0 Å². The van der Waals surface area contributed by atoms with Gasteiger partial charge in [0.15, 0.2) is 0 Å². The van der Waals surface area contributed by atoms with Crippen LogP contribution in [0.25, 0.3) is 6.08 Å². The zero-order valence-corrected chi connectivity index (χ0v) is 14.8. The van der Waals surface area contributed by atoms with Crippen LogP contribution in [0.3, 0.4) is 0 Å². The lowest BCUT2D eigenvalue weighted by molar-refractivity contribution is 0.0982. The van der Waals surface area contributed by atoms with Gasteiger partial charge in [-0.15, -0.1) is 0 Å². The molecule has 4 nitrogen and oxygen atoms in total. The Kier molecular flexibility index (Phi) is 5.87. The molecule has 24 heavy (non-hydrogen) atoms. The van der Waals surface area contributed by atoms with Gasteiger partial charge in [0.05, 0.1) is 16.0 Å². The number of hydrogen-bond donors (Lipinski definition) is 1. The molecule has 0 aliphatic heterocycles. The molecule has 0 saturated heterocycles. The maximum atomic E-state index is 13.0. The van der Waals surface area contributed by atoms with Gasteiger partial charge in [0.25, 0.3) is 15.9 Å². The summed E-state index contributed by atoms with van der Waals surface area (Å²) in [6.07, 6.45) is 1.22. The monoisotopic (exact) mass is 407 g/mol. The van der Waals surface area contributed by atoms with Crippen molar-refractivity contribution in [3.63, 3.8) is 0 Å². The zero-order chi connectivity index (χ0) is 17.9. The molecule has 9 heteroatoms. The lowest BCUT2D eigenvalue weighted by atomic mass is 10.2. The van der Waals surface area contributed by atoms with E-state index in [2.05, 4.69) is 0 Å². The second-order valence-electron chi connectivity index (χ2n) is 4.61. The van der Waals surface area contributed by atoms with E-state index >= 15 is 0 Å². The van der Waals surface area contributed by atoms with E-state index in [0.29, 0.717) is 15.6 Å². The molecule has 0 saturated carbocycles. The molecular formula is C15H9Cl3FNO3S. The number of amides is 1. The highest BCUT2D eigenvalue weighted by Gasteiger charge is 2.16. The first-order valence-corrected chi connectivity index (χ1v) is 9.01. The first kappa shape index (κ1) is 18.7. The van der Waals surface area contributed by atoms with Crippen LogP contribution in [0, 0.1) is 5.82 Å². The molecule has 0 fully saturated rings. The summed E-state index contributed by atoms with van der Waals surface area (Å²) in [5.74, 6) is -1.62. The number of halogens is 4. The SMILES string of the molecule is O=C(NS(=O)(=O)C=Cc1cc(Cl)cc(Cl)c1)c1ccc(F)cc1Cl. The van der Waals surface area contributed by atoms with Gasteiger partial charge in [-0.3, -0.25) is 4.79 Å². The van der Waals surface area contributed by atoms with Crippen molar-refractivity contribution in [3.8, 4) is 0 Å². The van der Waals surface area contributed by atoms with E-state index in [4.69, 9.17) is 34.8 Å². The fourth-order valence-electron chi connectivity index (χ4n) is 1.73. The molecular weight excluding hydrogens is 400 g/mol. The average molecular weight is 409 g/mol. The number of sulfonamides is 1. The highest BCUT2D eigenvalue weighted by atomic mass is 35.5. The molecule has 0 bridgehead atoms. The molecule has 0 atom stereocenters. The Bertz CT molecular complexity index is 909. The highest BCUT2D eigenvalue weighted by Crippen LogP contribution is 2.20. The van der Waals surface area contributed by atoms with Crippen molar-refractivity contribution in [2.45, 2.75) is 0 Å². The molecule has 0 aromatic heterocycles.